The summed E-state index contributed by atoms with van der Waals surface area (Å²) in [4.78, 5) is 15.0. The molecule has 3 heterocycles. The molecule has 2 fully saturated rings. The predicted molar refractivity (Wildman–Crippen MR) is 119 cm³/mol. The predicted octanol–water partition coefficient (Wildman–Crippen LogP) is 0.984. The van der Waals surface area contributed by atoms with Crippen molar-refractivity contribution in [3.63, 3.8) is 0 Å². The first-order valence-corrected chi connectivity index (χ1v) is 14.1. The first-order valence-electron chi connectivity index (χ1n) is 10.4. The maximum Gasteiger partial charge on any atom is 0.252 e. The highest BCUT2D eigenvalue weighted by molar-refractivity contribution is 7.91. The van der Waals surface area contributed by atoms with Crippen LogP contribution in [0.4, 0.5) is 4.39 Å². The molecular weight excluding hydrogens is 493 g/mol. The molecule has 0 saturated carbocycles. The standard InChI is InChI=1S/C20H24FN3O6S3/c21-16-1-4-18(5-2-16)32(26,27)23-9-7-22(8-10-23)19(25)15-17-3-6-20(31-17)33(28,29)24-11-13-30-14-12-24/h1-6H,7-15H2. The van der Waals surface area contributed by atoms with Gasteiger partial charge in [0.15, 0.2) is 0 Å². The minimum atomic E-state index is -3.76. The minimum absolute atomic E-state index is 0.0104. The molecule has 33 heavy (non-hydrogen) atoms. The van der Waals surface area contributed by atoms with Crippen molar-refractivity contribution in [2.24, 2.45) is 0 Å². The van der Waals surface area contributed by atoms with Crippen LogP contribution in [-0.4, -0.2) is 88.7 Å². The van der Waals surface area contributed by atoms with Crippen LogP contribution in [0, 0.1) is 5.82 Å². The topological polar surface area (TPSA) is 104 Å². The smallest absolute Gasteiger partial charge is 0.252 e. The van der Waals surface area contributed by atoms with E-state index in [0.717, 1.165) is 23.5 Å². The van der Waals surface area contributed by atoms with Gasteiger partial charge in [0.05, 0.1) is 24.5 Å². The van der Waals surface area contributed by atoms with E-state index in [1.807, 2.05) is 0 Å². The third kappa shape index (κ3) is 5.28. The molecule has 0 spiro atoms. The highest BCUT2D eigenvalue weighted by Crippen LogP contribution is 2.26. The molecule has 0 N–H and O–H groups in total. The summed E-state index contributed by atoms with van der Waals surface area (Å²) in [7, 11) is -7.36. The van der Waals surface area contributed by atoms with Gasteiger partial charge in [-0.25, -0.2) is 21.2 Å². The van der Waals surface area contributed by atoms with Crippen LogP contribution in [0.2, 0.25) is 0 Å². The summed E-state index contributed by atoms with van der Waals surface area (Å²) in [5.74, 6) is -0.704. The maximum atomic E-state index is 13.1. The Morgan fingerprint density at radius 1 is 0.848 bits per heavy atom. The summed E-state index contributed by atoms with van der Waals surface area (Å²) in [5.41, 5.74) is 0. The largest absolute Gasteiger partial charge is 0.379 e. The second-order valence-electron chi connectivity index (χ2n) is 7.65. The lowest BCUT2D eigenvalue weighted by Crippen LogP contribution is -2.50. The normalized spacial score (nSPS) is 19.0. The molecule has 2 aliphatic heterocycles. The molecule has 0 radical (unpaired) electrons. The van der Waals surface area contributed by atoms with Gasteiger partial charge in [-0.15, -0.1) is 11.3 Å². The van der Waals surface area contributed by atoms with Gasteiger partial charge < -0.3 is 9.64 Å². The average molecular weight is 518 g/mol. The number of hydrogen-bond donors (Lipinski definition) is 0. The van der Waals surface area contributed by atoms with Crippen molar-refractivity contribution in [2.75, 3.05) is 52.5 Å². The van der Waals surface area contributed by atoms with Gasteiger partial charge in [-0.1, -0.05) is 0 Å². The number of ether oxygens (including phenoxy) is 1. The molecule has 180 valence electrons. The summed E-state index contributed by atoms with van der Waals surface area (Å²) in [6.07, 6.45) is 0.0496. The van der Waals surface area contributed by atoms with Crippen molar-refractivity contribution >= 4 is 37.3 Å². The van der Waals surface area contributed by atoms with Crippen molar-refractivity contribution in [1.82, 2.24) is 13.5 Å². The van der Waals surface area contributed by atoms with Crippen LogP contribution in [0.1, 0.15) is 4.88 Å². The fraction of sp³-hybridized carbons (Fsp3) is 0.450. The molecule has 2 aliphatic rings. The fourth-order valence-electron chi connectivity index (χ4n) is 3.70. The molecule has 9 nitrogen and oxygen atoms in total. The van der Waals surface area contributed by atoms with Crippen LogP contribution < -0.4 is 0 Å². The van der Waals surface area contributed by atoms with Gasteiger partial charge in [0.2, 0.25) is 15.9 Å². The van der Waals surface area contributed by atoms with Crippen LogP contribution in [0.3, 0.4) is 0 Å². The summed E-state index contributed by atoms with van der Waals surface area (Å²) >= 11 is 1.07. The minimum Gasteiger partial charge on any atom is -0.379 e. The molecule has 1 amide bonds. The van der Waals surface area contributed by atoms with Crippen LogP contribution in [0.25, 0.3) is 0 Å². The van der Waals surface area contributed by atoms with E-state index in [0.29, 0.717) is 31.2 Å². The van der Waals surface area contributed by atoms with Gasteiger partial charge in [0.1, 0.15) is 10.0 Å². The zero-order valence-corrected chi connectivity index (χ0v) is 20.2. The molecule has 13 heteroatoms. The lowest BCUT2D eigenvalue weighted by atomic mass is 10.3. The summed E-state index contributed by atoms with van der Waals surface area (Å²) < 4.78 is 72.1. The zero-order chi connectivity index (χ0) is 23.6. The zero-order valence-electron chi connectivity index (χ0n) is 17.7. The van der Waals surface area contributed by atoms with Crippen LogP contribution in [0.15, 0.2) is 45.5 Å². The molecule has 2 saturated heterocycles. The lowest BCUT2D eigenvalue weighted by Gasteiger charge is -2.34. The lowest BCUT2D eigenvalue weighted by molar-refractivity contribution is -0.131. The van der Waals surface area contributed by atoms with E-state index in [2.05, 4.69) is 0 Å². The van der Waals surface area contributed by atoms with Gasteiger partial charge in [-0.2, -0.15) is 8.61 Å². The van der Waals surface area contributed by atoms with Crippen molar-refractivity contribution in [1.29, 1.82) is 0 Å². The van der Waals surface area contributed by atoms with Gasteiger partial charge in [0.25, 0.3) is 10.0 Å². The molecule has 0 bridgehead atoms. The van der Waals surface area contributed by atoms with E-state index in [4.69, 9.17) is 4.74 Å². The Labute approximate surface area is 196 Å². The van der Waals surface area contributed by atoms with Crippen molar-refractivity contribution < 1.29 is 30.8 Å². The van der Waals surface area contributed by atoms with Gasteiger partial charge in [0, 0.05) is 44.1 Å². The van der Waals surface area contributed by atoms with Crippen molar-refractivity contribution in [3.8, 4) is 0 Å². The number of carbonyl (C=O) groups is 1. The number of piperazine rings is 1. The molecule has 2 aromatic rings. The molecule has 0 aliphatic carbocycles. The third-order valence-electron chi connectivity index (χ3n) is 5.57. The second-order valence-corrected chi connectivity index (χ2v) is 12.9. The van der Waals surface area contributed by atoms with Crippen LogP contribution in [-0.2, 0) is 36.0 Å². The van der Waals surface area contributed by atoms with Crippen molar-refractivity contribution in [3.05, 3.63) is 47.1 Å². The Hall–Kier alpha value is -1.90. The first-order chi connectivity index (χ1) is 15.7. The van der Waals surface area contributed by atoms with E-state index in [-0.39, 0.29) is 47.6 Å². The number of nitrogens with zero attached hydrogens (tertiary/aromatic N) is 3. The van der Waals surface area contributed by atoms with E-state index in [9.17, 15) is 26.0 Å². The number of sulfonamides is 2. The molecule has 1 aromatic heterocycles. The number of rotatable bonds is 6. The van der Waals surface area contributed by atoms with Crippen LogP contribution >= 0.6 is 11.3 Å². The molecule has 0 atom stereocenters. The maximum absolute atomic E-state index is 13.1. The number of morpholine rings is 1. The Morgan fingerprint density at radius 2 is 1.45 bits per heavy atom. The Morgan fingerprint density at radius 3 is 2.09 bits per heavy atom. The van der Waals surface area contributed by atoms with E-state index in [1.54, 1.807) is 11.0 Å². The van der Waals surface area contributed by atoms with Gasteiger partial charge in [-0.05, 0) is 36.4 Å². The SMILES string of the molecule is O=C(Cc1ccc(S(=O)(=O)N2CCOCC2)s1)N1CCN(S(=O)(=O)c2ccc(F)cc2)CC1. The Bertz CT molecular complexity index is 1200. The number of carbonyl (C=O) groups excluding carboxylic acids is 1. The van der Waals surface area contributed by atoms with Gasteiger partial charge in [-0.3, -0.25) is 4.79 Å². The quantitative estimate of drug-likeness (QED) is 0.566. The summed E-state index contributed by atoms with van der Waals surface area (Å²) in [5, 5.41) is 0. The second kappa shape index (κ2) is 9.76. The molecule has 0 unspecified atom stereocenters. The van der Waals surface area contributed by atoms with Gasteiger partial charge >= 0.3 is 0 Å². The number of hydrogen-bond acceptors (Lipinski definition) is 7. The van der Waals surface area contributed by atoms with E-state index < -0.39 is 25.9 Å². The third-order valence-corrected chi connectivity index (χ3v) is 10.9. The number of thiophene rings is 1. The summed E-state index contributed by atoms with van der Waals surface area (Å²) in [6, 6.07) is 7.81. The Kier molecular flexibility index (Phi) is 7.17. The first kappa shape index (κ1) is 24.2. The molecular formula is C20H24FN3O6S3. The van der Waals surface area contributed by atoms with E-state index >= 15 is 0 Å². The highest BCUT2D eigenvalue weighted by Gasteiger charge is 2.31. The van der Waals surface area contributed by atoms with E-state index in [1.165, 1.54) is 26.8 Å². The highest BCUT2D eigenvalue weighted by atomic mass is 32.2. The fourth-order valence-corrected chi connectivity index (χ4v) is 8.03. The van der Waals surface area contributed by atoms with Crippen molar-refractivity contribution in [2.45, 2.75) is 15.5 Å². The number of halogens is 1. The molecule has 1 aromatic carbocycles. The molecule has 4 rings (SSSR count). The monoisotopic (exact) mass is 517 g/mol. The summed E-state index contributed by atoms with van der Waals surface area (Å²) in [6.45, 7) is 2.04. The number of amides is 1. The Balaban J connectivity index is 1.35. The number of benzene rings is 1. The van der Waals surface area contributed by atoms with Crippen LogP contribution in [0.5, 0.6) is 0 Å². The average Bonchev–Trinajstić information content (AvgIpc) is 3.29.